The Morgan fingerprint density at radius 2 is 1.80 bits per heavy atom. The second-order valence-corrected chi connectivity index (χ2v) is 5.84. The molecule has 0 aliphatic carbocycles. The van der Waals surface area contributed by atoms with Crippen molar-refractivity contribution in [3.05, 3.63) is 48.0 Å². The van der Waals surface area contributed by atoms with Gasteiger partial charge in [-0.15, -0.1) is 0 Å². The van der Waals surface area contributed by atoms with Crippen LogP contribution in [0.5, 0.6) is 0 Å². The first kappa shape index (κ1) is 16.6. The van der Waals surface area contributed by atoms with Gasteiger partial charge in [0.15, 0.2) is 5.78 Å². The van der Waals surface area contributed by atoms with E-state index in [4.69, 9.17) is 5.11 Å². The smallest absolute Gasteiger partial charge is 0.160 e. The van der Waals surface area contributed by atoms with Crippen LogP contribution in [0.25, 0.3) is 0 Å². The Morgan fingerprint density at radius 1 is 1.25 bits per heavy atom. The van der Waals surface area contributed by atoms with E-state index in [-0.39, 0.29) is 5.78 Å². The van der Waals surface area contributed by atoms with Crippen LogP contribution in [0.4, 0.5) is 0 Å². The summed E-state index contributed by atoms with van der Waals surface area (Å²) in [5, 5.41) is 29.6. The SMILES string of the molecule is CC(C)(C)C(=O)C=CC(O)(c1ccccc1)C(O)CO. The third kappa shape index (κ3) is 3.76. The van der Waals surface area contributed by atoms with Gasteiger partial charge in [0.1, 0.15) is 11.7 Å². The maximum absolute atomic E-state index is 11.9. The van der Waals surface area contributed by atoms with Gasteiger partial charge in [-0.2, -0.15) is 0 Å². The van der Waals surface area contributed by atoms with Gasteiger partial charge in [-0.1, -0.05) is 51.1 Å². The van der Waals surface area contributed by atoms with E-state index >= 15 is 0 Å². The number of hydrogen-bond acceptors (Lipinski definition) is 4. The first-order chi connectivity index (χ1) is 9.21. The first-order valence-electron chi connectivity index (χ1n) is 6.52. The largest absolute Gasteiger partial charge is 0.394 e. The number of carbonyl (C=O) groups is 1. The molecule has 110 valence electrons. The fourth-order valence-corrected chi connectivity index (χ4v) is 1.70. The van der Waals surface area contributed by atoms with Crippen molar-refractivity contribution in [2.24, 2.45) is 5.41 Å². The minimum absolute atomic E-state index is 0.169. The van der Waals surface area contributed by atoms with Gasteiger partial charge in [0, 0.05) is 5.41 Å². The highest BCUT2D eigenvalue weighted by atomic mass is 16.4. The Morgan fingerprint density at radius 3 is 2.25 bits per heavy atom. The summed E-state index contributed by atoms with van der Waals surface area (Å²) >= 11 is 0. The van der Waals surface area contributed by atoms with Crippen LogP contribution in [0.15, 0.2) is 42.5 Å². The minimum atomic E-state index is -1.79. The topological polar surface area (TPSA) is 77.8 Å². The molecule has 1 aromatic carbocycles. The number of ketones is 1. The minimum Gasteiger partial charge on any atom is -0.394 e. The molecule has 2 atom stereocenters. The van der Waals surface area contributed by atoms with E-state index < -0.39 is 23.7 Å². The van der Waals surface area contributed by atoms with Gasteiger partial charge in [-0.05, 0) is 17.7 Å². The summed E-state index contributed by atoms with van der Waals surface area (Å²) in [7, 11) is 0. The molecule has 0 bridgehead atoms. The molecule has 0 amide bonds. The molecule has 4 heteroatoms. The highest BCUT2D eigenvalue weighted by molar-refractivity contribution is 5.94. The Balaban J connectivity index is 3.15. The van der Waals surface area contributed by atoms with Crippen molar-refractivity contribution in [1.29, 1.82) is 0 Å². The Labute approximate surface area is 119 Å². The Kier molecular flexibility index (Phi) is 5.22. The van der Waals surface area contributed by atoms with Crippen molar-refractivity contribution >= 4 is 5.78 Å². The Bertz CT molecular complexity index is 473. The number of benzene rings is 1. The van der Waals surface area contributed by atoms with Gasteiger partial charge in [0.2, 0.25) is 0 Å². The highest BCUT2D eigenvalue weighted by Crippen LogP contribution is 2.27. The standard InChI is InChI=1S/C16H22O4/c1-15(2,3)13(18)9-10-16(20,14(19)11-17)12-7-5-4-6-8-12/h4-10,14,17,19-20H,11H2,1-3H3. The van der Waals surface area contributed by atoms with Gasteiger partial charge in [0.05, 0.1) is 6.61 Å². The molecular formula is C16H22O4. The number of hydrogen-bond donors (Lipinski definition) is 3. The number of allylic oxidation sites excluding steroid dienone is 1. The quantitative estimate of drug-likeness (QED) is 0.711. The van der Waals surface area contributed by atoms with E-state index in [2.05, 4.69) is 0 Å². The van der Waals surface area contributed by atoms with Crippen LogP contribution >= 0.6 is 0 Å². The number of aliphatic hydroxyl groups is 3. The molecule has 0 saturated carbocycles. The molecule has 1 aromatic rings. The molecule has 0 radical (unpaired) electrons. The van der Waals surface area contributed by atoms with Crippen LogP contribution in [0.2, 0.25) is 0 Å². The van der Waals surface area contributed by atoms with Crippen molar-refractivity contribution < 1.29 is 20.1 Å². The Hall–Kier alpha value is -1.49. The summed E-state index contributed by atoms with van der Waals surface area (Å²) < 4.78 is 0. The molecule has 0 fully saturated rings. The van der Waals surface area contributed by atoms with Crippen LogP contribution in [-0.2, 0) is 10.4 Å². The molecule has 0 aliphatic rings. The summed E-state index contributed by atoms with van der Waals surface area (Å²) in [5.41, 5.74) is -1.95. The maximum Gasteiger partial charge on any atom is 0.160 e. The molecule has 0 heterocycles. The number of carbonyl (C=O) groups excluding carboxylic acids is 1. The molecule has 0 aromatic heterocycles. The molecule has 0 aliphatic heterocycles. The highest BCUT2D eigenvalue weighted by Gasteiger charge is 2.35. The van der Waals surface area contributed by atoms with Crippen LogP contribution in [-0.4, -0.2) is 33.8 Å². The van der Waals surface area contributed by atoms with Crippen molar-refractivity contribution in [3.63, 3.8) is 0 Å². The van der Waals surface area contributed by atoms with Gasteiger partial charge >= 0.3 is 0 Å². The molecule has 0 saturated heterocycles. The molecule has 1 rings (SSSR count). The van der Waals surface area contributed by atoms with Crippen LogP contribution in [0, 0.1) is 5.41 Å². The summed E-state index contributed by atoms with van der Waals surface area (Å²) in [5.74, 6) is -0.169. The monoisotopic (exact) mass is 278 g/mol. The van der Waals surface area contributed by atoms with Crippen molar-refractivity contribution in [1.82, 2.24) is 0 Å². The van der Waals surface area contributed by atoms with E-state index in [1.54, 1.807) is 51.1 Å². The van der Waals surface area contributed by atoms with Crippen LogP contribution in [0.1, 0.15) is 26.3 Å². The van der Waals surface area contributed by atoms with E-state index in [1.165, 1.54) is 12.2 Å². The summed E-state index contributed by atoms with van der Waals surface area (Å²) in [6, 6.07) is 8.46. The predicted octanol–water partition coefficient (Wildman–Crippen LogP) is 1.40. The number of rotatable bonds is 5. The van der Waals surface area contributed by atoms with Crippen molar-refractivity contribution in [2.45, 2.75) is 32.5 Å². The second-order valence-electron chi connectivity index (χ2n) is 5.84. The molecule has 0 spiro atoms. The van der Waals surface area contributed by atoms with Crippen LogP contribution < -0.4 is 0 Å². The lowest BCUT2D eigenvalue weighted by molar-refractivity contribution is -0.121. The average molecular weight is 278 g/mol. The molecule has 4 nitrogen and oxygen atoms in total. The molecular weight excluding hydrogens is 256 g/mol. The molecule has 20 heavy (non-hydrogen) atoms. The number of aliphatic hydroxyl groups excluding tert-OH is 2. The summed E-state index contributed by atoms with van der Waals surface area (Å²) in [6.45, 7) is 4.69. The molecule has 3 N–H and O–H groups in total. The predicted molar refractivity (Wildman–Crippen MR) is 77.0 cm³/mol. The average Bonchev–Trinajstić information content (AvgIpc) is 2.43. The fraction of sp³-hybridized carbons (Fsp3) is 0.438. The normalized spacial score (nSPS) is 16.9. The summed E-state index contributed by atoms with van der Waals surface area (Å²) in [6.07, 6.45) is 1.09. The van der Waals surface area contributed by atoms with Gasteiger partial charge < -0.3 is 15.3 Å². The van der Waals surface area contributed by atoms with Gasteiger partial charge in [-0.25, -0.2) is 0 Å². The van der Waals surface area contributed by atoms with E-state index in [1.807, 2.05) is 0 Å². The lowest BCUT2D eigenvalue weighted by Gasteiger charge is -2.29. The lowest BCUT2D eigenvalue weighted by Crippen LogP contribution is -2.40. The van der Waals surface area contributed by atoms with Gasteiger partial charge in [0.25, 0.3) is 0 Å². The summed E-state index contributed by atoms with van der Waals surface area (Å²) in [4.78, 5) is 11.9. The first-order valence-corrected chi connectivity index (χ1v) is 6.52. The van der Waals surface area contributed by atoms with Crippen molar-refractivity contribution in [2.75, 3.05) is 6.61 Å². The van der Waals surface area contributed by atoms with E-state index in [9.17, 15) is 15.0 Å². The van der Waals surface area contributed by atoms with E-state index in [0.717, 1.165) is 0 Å². The maximum atomic E-state index is 11.9. The second kappa shape index (κ2) is 6.31. The fourth-order valence-electron chi connectivity index (χ4n) is 1.70. The van der Waals surface area contributed by atoms with Crippen molar-refractivity contribution in [3.8, 4) is 0 Å². The van der Waals surface area contributed by atoms with Gasteiger partial charge in [-0.3, -0.25) is 4.79 Å². The zero-order valence-corrected chi connectivity index (χ0v) is 12.1. The van der Waals surface area contributed by atoms with Crippen LogP contribution in [0.3, 0.4) is 0 Å². The molecule has 2 unspecified atom stereocenters. The lowest BCUT2D eigenvalue weighted by atomic mass is 9.85. The zero-order chi connectivity index (χ0) is 15.4. The zero-order valence-electron chi connectivity index (χ0n) is 12.1. The third-order valence-corrected chi connectivity index (χ3v) is 3.15. The van der Waals surface area contributed by atoms with E-state index in [0.29, 0.717) is 5.56 Å². The third-order valence-electron chi connectivity index (χ3n) is 3.15.